The van der Waals surface area contributed by atoms with Crippen LogP contribution in [0.4, 0.5) is 5.69 Å². The highest BCUT2D eigenvalue weighted by molar-refractivity contribution is 7.80. The van der Waals surface area contributed by atoms with Crippen molar-refractivity contribution in [1.29, 1.82) is 0 Å². The summed E-state index contributed by atoms with van der Waals surface area (Å²) in [7, 11) is 1.89. The maximum atomic E-state index is 5.63. The van der Waals surface area contributed by atoms with Crippen LogP contribution < -0.4 is 11.1 Å². The zero-order valence-corrected chi connectivity index (χ0v) is 11.0. The lowest BCUT2D eigenvalue weighted by molar-refractivity contribution is 0.719. The highest BCUT2D eigenvalue weighted by Crippen LogP contribution is 2.19. The largest absolute Gasteiger partial charge is 0.388 e. The minimum atomic E-state index is -0.0187. The maximum absolute atomic E-state index is 5.63. The summed E-state index contributed by atoms with van der Waals surface area (Å²) in [5, 5.41) is 11.2. The third kappa shape index (κ3) is 2.45. The minimum absolute atomic E-state index is 0.0187. The summed E-state index contributed by atoms with van der Waals surface area (Å²) in [5.74, 6) is 0.827. The van der Waals surface area contributed by atoms with Crippen molar-refractivity contribution in [2.24, 2.45) is 12.8 Å². The molecule has 94 valence electrons. The normalized spacial score (nSPS) is 12.1. The van der Waals surface area contributed by atoms with Gasteiger partial charge in [-0.2, -0.15) is 0 Å². The van der Waals surface area contributed by atoms with Crippen LogP contribution in [-0.2, 0) is 7.05 Å². The van der Waals surface area contributed by atoms with Gasteiger partial charge in [0.2, 0.25) is 0 Å². The van der Waals surface area contributed by atoms with Gasteiger partial charge >= 0.3 is 0 Å². The second-order valence-electron chi connectivity index (χ2n) is 3.93. The smallest absolute Gasteiger partial charge is 0.154 e. The summed E-state index contributed by atoms with van der Waals surface area (Å²) in [6.07, 6.45) is 3.32. The van der Waals surface area contributed by atoms with Crippen molar-refractivity contribution in [3.05, 3.63) is 36.2 Å². The van der Waals surface area contributed by atoms with E-state index in [0.29, 0.717) is 5.69 Å². The molecular formula is C11H14N6S. The molecule has 0 aliphatic heterocycles. The molecule has 7 heteroatoms. The predicted octanol–water partition coefficient (Wildman–Crippen LogP) is 1.02. The summed E-state index contributed by atoms with van der Waals surface area (Å²) in [4.78, 5) is 4.43. The first-order valence-corrected chi connectivity index (χ1v) is 5.85. The van der Waals surface area contributed by atoms with Crippen molar-refractivity contribution >= 4 is 22.9 Å². The van der Waals surface area contributed by atoms with E-state index in [1.54, 1.807) is 12.5 Å². The van der Waals surface area contributed by atoms with Gasteiger partial charge in [-0.3, -0.25) is 4.98 Å². The zero-order chi connectivity index (χ0) is 13.1. The van der Waals surface area contributed by atoms with Crippen LogP contribution in [0.5, 0.6) is 0 Å². The molecule has 1 atom stereocenters. The van der Waals surface area contributed by atoms with Crippen molar-refractivity contribution in [2.75, 3.05) is 5.32 Å². The molecule has 1 unspecified atom stereocenters. The number of aryl methyl sites for hydroxylation is 1. The number of pyridine rings is 1. The van der Waals surface area contributed by atoms with Crippen LogP contribution in [0.1, 0.15) is 24.5 Å². The number of nitrogens with two attached hydrogens (primary N) is 1. The summed E-state index contributed by atoms with van der Waals surface area (Å²) >= 11 is 4.97. The van der Waals surface area contributed by atoms with Gasteiger partial charge in [-0.15, -0.1) is 10.2 Å². The summed E-state index contributed by atoms with van der Waals surface area (Å²) in [6.45, 7) is 1.99. The van der Waals surface area contributed by atoms with Crippen molar-refractivity contribution in [1.82, 2.24) is 19.7 Å². The molecule has 0 fully saturated rings. The number of rotatable bonds is 4. The molecule has 0 saturated carbocycles. The molecule has 2 aromatic rings. The number of nitrogens with zero attached hydrogens (tertiary/aromatic N) is 4. The molecule has 6 nitrogen and oxygen atoms in total. The van der Waals surface area contributed by atoms with Crippen LogP contribution in [0.25, 0.3) is 0 Å². The Kier molecular flexibility index (Phi) is 3.52. The van der Waals surface area contributed by atoms with Crippen LogP contribution in [0.3, 0.4) is 0 Å². The van der Waals surface area contributed by atoms with E-state index in [0.717, 1.165) is 11.5 Å². The number of anilines is 1. The second kappa shape index (κ2) is 5.09. The van der Waals surface area contributed by atoms with Crippen molar-refractivity contribution in [2.45, 2.75) is 13.0 Å². The lowest BCUT2D eigenvalue weighted by Gasteiger charge is -2.16. The topological polar surface area (TPSA) is 81.7 Å². The molecule has 0 aliphatic carbocycles. The minimum Gasteiger partial charge on any atom is -0.388 e. The first kappa shape index (κ1) is 12.4. The van der Waals surface area contributed by atoms with Crippen LogP contribution in [-0.4, -0.2) is 24.7 Å². The van der Waals surface area contributed by atoms with Crippen molar-refractivity contribution < 1.29 is 0 Å². The molecule has 0 saturated heterocycles. The molecule has 2 aromatic heterocycles. The first-order valence-electron chi connectivity index (χ1n) is 5.45. The number of nitrogens with one attached hydrogen (secondary N) is 1. The Morgan fingerprint density at radius 1 is 1.56 bits per heavy atom. The standard InChI is InChI=1S/C11H14N6S/c1-7(11-16-14-6-17(11)2)15-8-4-3-5-13-9(8)10(12)18/h3-7,15H,1-2H3,(H2,12,18). The number of thiocarbonyl (C=S) groups is 1. The monoisotopic (exact) mass is 262 g/mol. The SMILES string of the molecule is CC(Nc1cccnc1C(N)=S)c1nncn1C. The molecule has 18 heavy (non-hydrogen) atoms. The number of aromatic nitrogens is 4. The summed E-state index contributed by atoms with van der Waals surface area (Å²) < 4.78 is 1.86. The molecule has 0 radical (unpaired) electrons. The van der Waals surface area contributed by atoms with Crippen LogP contribution in [0, 0.1) is 0 Å². The second-order valence-corrected chi connectivity index (χ2v) is 4.37. The van der Waals surface area contributed by atoms with Crippen molar-refractivity contribution in [3.8, 4) is 0 Å². The maximum Gasteiger partial charge on any atom is 0.154 e. The quantitative estimate of drug-likeness (QED) is 0.801. The van der Waals surface area contributed by atoms with E-state index < -0.39 is 0 Å². The van der Waals surface area contributed by atoms with Gasteiger partial charge in [-0.1, -0.05) is 12.2 Å². The fourth-order valence-corrected chi connectivity index (χ4v) is 1.86. The number of hydrogen-bond acceptors (Lipinski definition) is 5. The zero-order valence-electron chi connectivity index (χ0n) is 10.2. The molecule has 0 aromatic carbocycles. The van der Waals surface area contributed by atoms with Crippen LogP contribution in [0.15, 0.2) is 24.7 Å². The van der Waals surface area contributed by atoms with E-state index >= 15 is 0 Å². The summed E-state index contributed by atoms with van der Waals surface area (Å²) in [6, 6.07) is 3.69. The molecule has 0 aliphatic rings. The van der Waals surface area contributed by atoms with E-state index in [1.165, 1.54) is 0 Å². The lowest BCUT2D eigenvalue weighted by atomic mass is 10.2. The molecule has 0 spiro atoms. The van der Waals surface area contributed by atoms with E-state index in [-0.39, 0.29) is 11.0 Å². The van der Waals surface area contributed by atoms with Gasteiger partial charge in [0, 0.05) is 13.2 Å². The highest BCUT2D eigenvalue weighted by atomic mass is 32.1. The average molecular weight is 262 g/mol. The first-order chi connectivity index (χ1) is 8.59. The van der Waals surface area contributed by atoms with Gasteiger partial charge in [0.1, 0.15) is 17.0 Å². The Balaban J connectivity index is 2.25. The lowest BCUT2D eigenvalue weighted by Crippen LogP contribution is -2.18. The van der Waals surface area contributed by atoms with E-state index in [4.69, 9.17) is 18.0 Å². The third-order valence-corrected chi connectivity index (χ3v) is 2.74. The molecule has 2 heterocycles. The number of hydrogen-bond donors (Lipinski definition) is 2. The van der Waals surface area contributed by atoms with E-state index in [9.17, 15) is 0 Å². The fraction of sp³-hybridized carbons (Fsp3) is 0.273. The highest BCUT2D eigenvalue weighted by Gasteiger charge is 2.14. The van der Waals surface area contributed by atoms with Gasteiger partial charge in [-0.05, 0) is 19.1 Å². The molecule has 0 amide bonds. The Bertz CT molecular complexity index is 564. The van der Waals surface area contributed by atoms with Gasteiger partial charge in [0.05, 0.1) is 11.7 Å². The van der Waals surface area contributed by atoms with Crippen LogP contribution in [0.2, 0.25) is 0 Å². The van der Waals surface area contributed by atoms with Crippen LogP contribution >= 0.6 is 12.2 Å². The van der Waals surface area contributed by atoms with E-state index in [2.05, 4.69) is 20.5 Å². The van der Waals surface area contributed by atoms with Gasteiger partial charge in [0.25, 0.3) is 0 Å². The summed E-state index contributed by atoms with van der Waals surface area (Å²) in [5.41, 5.74) is 7.01. The molecule has 0 bridgehead atoms. The third-order valence-electron chi connectivity index (χ3n) is 2.55. The average Bonchev–Trinajstić information content (AvgIpc) is 2.76. The van der Waals surface area contributed by atoms with Crippen molar-refractivity contribution in [3.63, 3.8) is 0 Å². The Labute approximate surface area is 110 Å². The fourth-order valence-electron chi connectivity index (χ4n) is 1.70. The molecular weight excluding hydrogens is 248 g/mol. The Morgan fingerprint density at radius 3 is 2.94 bits per heavy atom. The molecule has 3 N–H and O–H groups in total. The Hall–Kier alpha value is -2.02. The van der Waals surface area contributed by atoms with Gasteiger partial charge < -0.3 is 15.6 Å². The Morgan fingerprint density at radius 2 is 2.33 bits per heavy atom. The molecule has 2 rings (SSSR count). The van der Waals surface area contributed by atoms with Gasteiger partial charge in [0.15, 0.2) is 5.82 Å². The predicted molar refractivity (Wildman–Crippen MR) is 73.2 cm³/mol. The van der Waals surface area contributed by atoms with E-state index in [1.807, 2.05) is 30.7 Å². The van der Waals surface area contributed by atoms with Gasteiger partial charge in [-0.25, -0.2) is 0 Å².